The molecular weight excluding hydrogens is 384 g/mol. The largest absolute Gasteiger partial charge is 0.494 e. The number of nitrogens with zero attached hydrogens (tertiary/aromatic N) is 3. The van der Waals surface area contributed by atoms with E-state index in [-0.39, 0.29) is 5.57 Å². The van der Waals surface area contributed by atoms with Crippen LogP contribution in [0.25, 0.3) is 11.8 Å². The number of amides is 1. The van der Waals surface area contributed by atoms with E-state index in [0.29, 0.717) is 11.7 Å². The van der Waals surface area contributed by atoms with Gasteiger partial charge in [0.05, 0.1) is 6.61 Å². The van der Waals surface area contributed by atoms with Crippen LogP contribution in [0, 0.1) is 32.1 Å². The van der Waals surface area contributed by atoms with Crippen LogP contribution in [0.15, 0.2) is 42.1 Å². The van der Waals surface area contributed by atoms with Crippen molar-refractivity contribution in [3.63, 3.8) is 0 Å². The first-order valence-electron chi connectivity index (χ1n) is 9.20. The Hall–Kier alpha value is -3.37. The molecule has 0 fully saturated rings. The molecule has 0 aliphatic carbocycles. The van der Waals surface area contributed by atoms with Crippen LogP contribution >= 0.6 is 11.3 Å². The van der Waals surface area contributed by atoms with E-state index in [1.165, 1.54) is 11.3 Å². The van der Waals surface area contributed by atoms with Crippen LogP contribution in [0.2, 0.25) is 0 Å². The molecule has 0 atom stereocenters. The fourth-order valence-electron chi connectivity index (χ4n) is 3.07. The number of hydrogen-bond acceptors (Lipinski definition) is 5. The summed E-state index contributed by atoms with van der Waals surface area (Å²) in [6, 6.07) is 11.8. The number of rotatable bonds is 6. The van der Waals surface area contributed by atoms with Gasteiger partial charge in [-0.1, -0.05) is 0 Å². The van der Waals surface area contributed by atoms with E-state index in [4.69, 9.17) is 4.74 Å². The fourth-order valence-corrected chi connectivity index (χ4v) is 3.73. The van der Waals surface area contributed by atoms with Gasteiger partial charge in [-0.25, -0.2) is 4.98 Å². The Morgan fingerprint density at radius 1 is 1.31 bits per heavy atom. The van der Waals surface area contributed by atoms with E-state index < -0.39 is 5.91 Å². The Morgan fingerprint density at radius 3 is 2.62 bits per heavy atom. The maximum absolute atomic E-state index is 12.5. The van der Waals surface area contributed by atoms with Crippen molar-refractivity contribution in [2.24, 2.45) is 0 Å². The van der Waals surface area contributed by atoms with Gasteiger partial charge < -0.3 is 9.30 Å². The Kier molecular flexibility index (Phi) is 6.15. The van der Waals surface area contributed by atoms with Gasteiger partial charge in [0, 0.05) is 28.1 Å². The summed E-state index contributed by atoms with van der Waals surface area (Å²) in [5, 5.41) is 12.7. The van der Waals surface area contributed by atoms with E-state index in [1.807, 2.05) is 64.1 Å². The minimum atomic E-state index is -0.465. The summed E-state index contributed by atoms with van der Waals surface area (Å²) < 4.78 is 7.58. The first kappa shape index (κ1) is 20.4. The standard InChI is InChI=1S/C22H22N4O2S/c1-5-28-20-8-6-19(7-9-20)26-14(2)10-17(16(26)4)11-18(12-23)21(27)25-22-24-13-15(3)29-22/h6-11,13H,5H2,1-4H3,(H,24,25,27)/b18-11-. The van der Waals surface area contributed by atoms with Gasteiger partial charge in [0.1, 0.15) is 17.4 Å². The van der Waals surface area contributed by atoms with Crippen molar-refractivity contribution in [3.05, 3.63) is 63.9 Å². The lowest BCUT2D eigenvalue weighted by atomic mass is 10.1. The monoisotopic (exact) mass is 406 g/mol. The predicted octanol–water partition coefficient (Wildman–Crippen LogP) is 4.80. The Labute approximate surface area is 174 Å². The molecule has 0 bridgehead atoms. The summed E-state index contributed by atoms with van der Waals surface area (Å²) in [6.07, 6.45) is 3.30. The summed E-state index contributed by atoms with van der Waals surface area (Å²) in [4.78, 5) is 17.6. The van der Waals surface area contributed by atoms with Crippen LogP contribution in [0.3, 0.4) is 0 Å². The molecule has 0 spiro atoms. The number of nitrogens with one attached hydrogen (secondary N) is 1. The minimum absolute atomic E-state index is 0.0322. The SMILES string of the molecule is CCOc1ccc(-n2c(C)cc(/C=C(/C#N)C(=O)Nc3ncc(C)s3)c2C)cc1. The zero-order chi connectivity index (χ0) is 21.0. The summed E-state index contributed by atoms with van der Waals surface area (Å²) in [6.45, 7) is 8.43. The maximum Gasteiger partial charge on any atom is 0.268 e. The number of carbonyl (C=O) groups excluding carboxylic acids is 1. The summed E-state index contributed by atoms with van der Waals surface area (Å²) in [5.41, 5.74) is 3.79. The second-order valence-corrected chi connectivity index (χ2v) is 7.72. The highest BCUT2D eigenvalue weighted by molar-refractivity contribution is 7.15. The summed E-state index contributed by atoms with van der Waals surface area (Å²) in [7, 11) is 0. The molecule has 0 unspecified atom stereocenters. The van der Waals surface area contributed by atoms with Crippen molar-refractivity contribution < 1.29 is 9.53 Å². The lowest BCUT2D eigenvalue weighted by Gasteiger charge is -2.11. The molecule has 0 saturated carbocycles. The molecular formula is C22H22N4O2S. The van der Waals surface area contributed by atoms with Gasteiger partial charge in [0.2, 0.25) is 0 Å². The third-order valence-electron chi connectivity index (χ3n) is 4.38. The van der Waals surface area contributed by atoms with Gasteiger partial charge in [-0.15, -0.1) is 11.3 Å². The molecule has 2 aromatic heterocycles. The van der Waals surface area contributed by atoms with Gasteiger partial charge in [-0.3, -0.25) is 10.1 Å². The number of benzene rings is 1. The normalized spacial score (nSPS) is 11.2. The van der Waals surface area contributed by atoms with Crippen LogP contribution < -0.4 is 10.1 Å². The van der Waals surface area contributed by atoms with Gasteiger partial charge in [0.25, 0.3) is 5.91 Å². The van der Waals surface area contributed by atoms with Crippen LogP contribution in [0.4, 0.5) is 5.13 Å². The minimum Gasteiger partial charge on any atom is -0.494 e. The number of thiazole rings is 1. The first-order chi connectivity index (χ1) is 13.9. The summed E-state index contributed by atoms with van der Waals surface area (Å²) in [5.74, 6) is 0.354. The highest BCUT2D eigenvalue weighted by Crippen LogP contribution is 2.25. The zero-order valence-electron chi connectivity index (χ0n) is 16.8. The third-order valence-corrected chi connectivity index (χ3v) is 5.21. The Morgan fingerprint density at radius 2 is 2.03 bits per heavy atom. The van der Waals surface area contributed by atoms with Crippen molar-refractivity contribution in [2.75, 3.05) is 11.9 Å². The topological polar surface area (TPSA) is 79.9 Å². The highest BCUT2D eigenvalue weighted by atomic mass is 32.1. The van der Waals surface area contributed by atoms with Crippen LogP contribution in [-0.2, 0) is 4.79 Å². The number of ether oxygens (including phenoxy) is 1. The quantitative estimate of drug-likeness (QED) is 0.471. The van der Waals surface area contributed by atoms with Crippen molar-refractivity contribution in [2.45, 2.75) is 27.7 Å². The molecule has 0 radical (unpaired) electrons. The van der Waals surface area contributed by atoms with E-state index in [0.717, 1.165) is 33.3 Å². The molecule has 148 valence electrons. The number of hydrogen-bond donors (Lipinski definition) is 1. The van der Waals surface area contributed by atoms with Crippen LogP contribution in [0.5, 0.6) is 5.75 Å². The molecule has 6 nitrogen and oxygen atoms in total. The molecule has 1 N–H and O–H groups in total. The molecule has 7 heteroatoms. The molecule has 0 aliphatic rings. The van der Waals surface area contributed by atoms with Crippen molar-refractivity contribution >= 4 is 28.5 Å². The summed E-state index contributed by atoms with van der Waals surface area (Å²) >= 11 is 1.37. The number of nitriles is 1. The molecule has 3 rings (SSSR count). The van der Waals surface area contributed by atoms with Crippen molar-refractivity contribution in [3.8, 4) is 17.5 Å². The van der Waals surface area contributed by atoms with Gasteiger partial charge in [-0.2, -0.15) is 5.26 Å². The zero-order valence-corrected chi connectivity index (χ0v) is 17.6. The lowest BCUT2D eigenvalue weighted by molar-refractivity contribution is -0.112. The molecule has 2 heterocycles. The number of aryl methyl sites for hydroxylation is 2. The average molecular weight is 407 g/mol. The van der Waals surface area contributed by atoms with E-state index in [2.05, 4.69) is 14.9 Å². The molecule has 29 heavy (non-hydrogen) atoms. The fraction of sp³-hybridized carbons (Fsp3) is 0.227. The predicted molar refractivity (Wildman–Crippen MR) is 115 cm³/mol. The molecule has 1 amide bonds. The van der Waals surface area contributed by atoms with E-state index in [9.17, 15) is 10.1 Å². The smallest absolute Gasteiger partial charge is 0.268 e. The molecule has 0 saturated heterocycles. The second kappa shape index (κ2) is 8.76. The average Bonchev–Trinajstić information content (AvgIpc) is 3.22. The van der Waals surface area contributed by atoms with Crippen LogP contribution in [0.1, 0.15) is 28.8 Å². The van der Waals surface area contributed by atoms with E-state index >= 15 is 0 Å². The Balaban J connectivity index is 1.89. The van der Waals surface area contributed by atoms with Gasteiger partial charge in [-0.05, 0) is 69.7 Å². The maximum atomic E-state index is 12.5. The van der Waals surface area contributed by atoms with Crippen molar-refractivity contribution in [1.82, 2.24) is 9.55 Å². The molecule has 1 aromatic carbocycles. The number of aromatic nitrogens is 2. The first-order valence-corrected chi connectivity index (χ1v) is 10.0. The third kappa shape index (κ3) is 4.55. The number of anilines is 1. The Bertz CT molecular complexity index is 1100. The second-order valence-electron chi connectivity index (χ2n) is 6.49. The van der Waals surface area contributed by atoms with Gasteiger partial charge >= 0.3 is 0 Å². The van der Waals surface area contributed by atoms with Gasteiger partial charge in [0.15, 0.2) is 5.13 Å². The number of carbonyl (C=O) groups is 1. The molecule has 0 aliphatic heterocycles. The highest BCUT2D eigenvalue weighted by Gasteiger charge is 2.15. The van der Waals surface area contributed by atoms with Crippen molar-refractivity contribution in [1.29, 1.82) is 5.26 Å². The molecule has 3 aromatic rings. The van der Waals surface area contributed by atoms with E-state index in [1.54, 1.807) is 12.3 Å². The lowest BCUT2D eigenvalue weighted by Crippen LogP contribution is -2.13. The van der Waals surface area contributed by atoms with Crippen LogP contribution in [-0.4, -0.2) is 22.1 Å².